The molecule has 0 aliphatic heterocycles. The Balaban J connectivity index is 2.09. The molecule has 2 aromatic rings. The van der Waals surface area contributed by atoms with Crippen LogP contribution < -0.4 is 5.32 Å². The summed E-state index contributed by atoms with van der Waals surface area (Å²) in [6, 6.07) is 7.66. The first-order chi connectivity index (χ1) is 9.45. The number of hydrogen-bond donors (Lipinski definition) is 1. The minimum absolute atomic E-state index is 0.0349. The maximum absolute atomic E-state index is 13.4. The molecule has 2 nitrogen and oxygen atoms in total. The van der Waals surface area contributed by atoms with Gasteiger partial charge in [-0.3, -0.25) is 4.79 Å². The van der Waals surface area contributed by atoms with E-state index in [1.165, 1.54) is 6.07 Å². The van der Waals surface area contributed by atoms with Gasteiger partial charge in [-0.1, -0.05) is 29.3 Å². The fraction of sp³-hybridized carbons (Fsp3) is 0.0714. The van der Waals surface area contributed by atoms with Crippen LogP contribution in [-0.4, -0.2) is 5.91 Å². The van der Waals surface area contributed by atoms with Gasteiger partial charge in [0.2, 0.25) is 5.91 Å². The Morgan fingerprint density at radius 2 is 1.85 bits per heavy atom. The van der Waals surface area contributed by atoms with Gasteiger partial charge in [0.25, 0.3) is 0 Å². The summed E-state index contributed by atoms with van der Waals surface area (Å²) >= 11 is 11.7. The molecule has 2 rings (SSSR count). The van der Waals surface area contributed by atoms with E-state index in [0.29, 0.717) is 21.7 Å². The first-order valence-corrected chi connectivity index (χ1v) is 6.40. The zero-order valence-electron chi connectivity index (χ0n) is 10.1. The highest BCUT2D eigenvalue weighted by Gasteiger charge is 2.11. The lowest BCUT2D eigenvalue weighted by atomic mass is 10.1. The fourth-order valence-corrected chi connectivity index (χ4v) is 2.10. The lowest BCUT2D eigenvalue weighted by Gasteiger charge is -2.08. The van der Waals surface area contributed by atoms with Crippen molar-refractivity contribution in [1.29, 1.82) is 0 Å². The maximum atomic E-state index is 13.4. The first kappa shape index (κ1) is 14.8. The van der Waals surface area contributed by atoms with Gasteiger partial charge >= 0.3 is 0 Å². The SMILES string of the molecule is O=C(Cc1ccc(Cl)cc1Cl)Nc1ccc(F)cc1F. The van der Waals surface area contributed by atoms with Crippen molar-refractivity contribution in [2.45, 2.75) is 6.42 Å². The van der Waals surface area contributed by atoms with Crippen LogP contribution in [0.2, 0.25) is 10.0 Å². The molecule has 0 heterocycles. The normalized spacial score (nSPS) is 10.4. The van der Waals surface area contributed by atoms with Crippen LogP contribution in [0.4, 0.5) is 14.5 Å². The van der Waals surface area contributed by atoms with Gasteiger partial charge in [-0.25, -0.2) is 8.78 Å². The molecule has 104 valence electrons. The maximum Gasteiger partial charge on any atom is 0.228 e. The molecule has 1 N–H and O–H groups in total. The summed E-state index contributed by atoms with van der Waals surface area (Å²) in [5, 5.41) is 3.17. The Bertz CT molecular complexity index is 606. The van der Waals surface area contributed by atoms with Gasteiger partial charge in [-0.15, -0.1) is 0 Å². The van der Waals surface area contributed by atoms with Crippen molar-refractivity contribution in [3.8, 4) is 0 Å². The molecule has 1 amide bonds. The molecular formula is C14H9Cl2F2NO. The second-order valence-electron chi connectivity index (χ2n) is 4.08. The van der Waals surface area contributed by atoms with Gasteiger partial charge in [0.05, 0.1) is 12.1 Å². The zero-order valence-corrected chi connectivity index (χ0v) is 11.6. The van der Waals surface area contributed by atoms with E-state index in [4.69, 9.17) is 23.2 Å². The standard InChI is InChI=1S/C14H9Cl2F2NO/c15-9-2-1-8(11(16)6-9)5-14(20)19-13-4-3-10(17)7-12(13)18/h1-4,6-7H,5H2,(H,19,20). The summed E-state index contributed by atoms with van der Waals surface area (Å²) in [5.74, 6) is -2.00. The quantitative estimate of drug-likeness (QED) is 0.890. The molecule has 0 aliphatic rings. The number of halogens is 4. The third-order valence-electron chi connectivity index (χ3n) is 2.57. The van der Waals surface area contributed by atoms with Crippen LogP contribution in [0.15, 0.2) is 36.4 Å². The minimum Gasteiger partial charge on any atom is -0.323 e. The topological polar surface area (TPSA) is 29.1 Å². The zero-order chi connectivity index (χ0) is 14.7. The lowest BCUT2D eigenvalue weighted by molar-refractivity contribution is -0.115. The van der Waals surface area contributed by atoms with Crippen LogP contribution >= 0.6 is 23.2 Å². The van der Waals surface area contributed by atoms with E-state index in [9.17, 15) is 13.6 Å². The number of anilines is 1. The molecule has 0 atom stereocenters. The Kier molecular flexibility index (Phi) is 4.57. The average molecular weight is 316 g/mol. The molecule has 6 heteroatoms. The fourth-order valence-electron chi connectivity index (χ4n) is 1.62. The molecule has 0 radical (unpaired) electrons. The summed E-state index contributed by atoms with van der Waals surface area (Å²) < 4.78 is 26.1. The monoisotopic (exact) mass is 315 g/mol. The van der Waals surface area contributed by atoms with Crippen LogP contribution in [0.5, 0.6) is 0 Å². The largest absolute Gasteiger partial charge is 0.323 e. The highest BCUT2D eigenvalue weighted by atomic mass is 35.5. The summed E-state index contributed by atoms with van der Waals surface area (Å²) in [4.78, 5) is 11.8. The molecule has 0 bridgehead atoms. The number of rotatable bonds is 3. The predicted octanol–water partition coefficient (Wildman–Crippen LogP) is 4.45. The molecule has 0 unspecified atom stereocenters. The van der Waals surface area contributed by atoms with Gasteiger partial charge in [0.1, 0.15) is 11.6 Å². The van der Waals surface area contributed by atoms with Crippen molar-refractivity contribution >= 4 is 34.8 Å². The first-order valence-electron chi connectivity index (χ1n) is 5.64. The molecule has 0 saturated carbocycles. The van der Waals surface area contributed by atoms with Crippen LogP contribution in [0.25, 0.3) is 0 Å². The summed E-state index contributed by atoms with van der Waals surface area (Å²) in [5.41, 5.74) is 0.484. The molecule has 0 fully saturated rings. The van der Waals surface area contributed by atoms with Gasteiger partial charge in [-0.05, 0) is 29.8 Å². The van der Waals surface area contributed by atoms with Crippen LogP contribution in [0.3, 0.4) is 0 Å². The molecule has 2 aromatic carbocycles. The van der Waals surface area contributed by atoms with Crippen molar-refractivity contribution in [2.24, 2.45) is 0 Å². The molecular weight excluding hydrogens is 307 g/mol. The molecule has 0 saturated heterocycles. The Morgan fingerprint density at radius 1 is 1.10 bits per heavy atom. The summed E-state index contributed by atoms with van der Waals surface area (Å²) in [6.07, 6.45) is -0.0349. The third kappa shape index (κ3) is 3.68. The molecule has 20 heavy (non-hydrogen) atoms. The minimum atomic E-state index is -0.833. The number of carbonyl (C=O) groups excluding carboxylic acids is 1. The second-order valence-corrected chi connectivity index (χ2v) is 4.93. The Labute approximate surface area is 124 Å². The van der Waals surface area contributed by atoms with Crippen molar-refractivity contribution in [2.75, 3.05) is 5.32 Å². The van der Waals surface area contributed by atoms with E-state index in [1.807, 2.05) is 0 Å². The lowest BCUT2D eigenvalue weighted by Crippen LogP contribution is -2.15. The molecule has 0 spiro atoms. The van der Waals surface area contributed by atoms with E-state index >= 15 is 0 Å². The Morgan fingerprint density at radius 3 is 2.50 bits per heavy atom. The van der Waals surface area contributed by atoms with Crippen molar-refractivity contribution < 1.29 is 13.6 Å². The Hall–Kier alpha value is -1.65. The van der Waals surface area contributed by atoms with Crippen LogP contribution in [-0.2, 0) is 11.2 Å². The van der Waals surface area contributed by atoms with Crippen LogP contribution in [0, 0.1) is 11.6 Å². The number of hydrogen-bond acceptors (Lipinski definition) is 1. The summed E-state index contributed by atoms with van der Waals surface area (Å²) in [7, 11) is 0. The second kappa shape index (κ2) is 6.20. The van der Waals surface area contributed by atoms with E-state index < -0.39 is 17.5 Å². The number of nitrogens with one attached hydrogen (secondary N) is 1. The van der Waals surface area contributed by atoms with Gasteiger partial charge in [0, 0.05) is 16.1 Å². The van der Waals surface area contributed by atoms with E-state index in [-0.39, 0.29) is 12.1 Å². The highest BCUT2D eigenvalue weighted by Crippen LogP contribution is 2.22. The smallest absolute Gasteiger partial charge is 0.228 e. The summed E-state index contributed by atoms with van der Waals surface area (Å²) in [6.45, 7) is 0. The predicted molar refractivity (Wildman–Crippen MR) is 75.2 cm³/mol. The number of carbonyl (C=O) groups is 1. The average Bonchev–Trinajstić information content (AvgIpc) is 2.36. The van der Waals surface area contributed by atoms with Crippen LogP contribution in [0.1, 0.15) is 5.56 Å². The number of amides is 1. The van der Waals surface area contributed by atoms with E-state index in [0.717, 1.165) is 12.1 Å². The van der Waals surface area contributed by atoms with Gasteiger partial charge < -0.3 is 5.32 Å². The highest BCUT2D eigenvalue weighted by molar-refractivity contribution is 6.35. The van der Waals surface area contributed by atoms with Crippen molar-refractivity contribution in [3.63, 3.8) is 0 Å². The van der Waals surface area contributed by atoms with E-state index in [2.05, 4.69) is 5.32 Å². The molecule has 0 aromatic heterocycles. The van der Waals surface area contributed by atoms with E-state index in [1.54, 1.807) is 12.1 Å². The van der Waals surface area contributed by atoms with Gasteiger partial charge in [-0.2, -0.15) is 0 Å². The number of benzene rings is 2. The third-order valence-corrected chi connectivity index (χ3v) is 3.16. The molecule has 0 aliphatic carbocycles. The van der Waals surface area contributed by atoms with Crippen molar-refractivity contribution in [1.82, 2.24) is 0 Å². The van der Waals surface area contributed by atoms with Gasteiger partial charge in [0.15, 0.2) is 0 Å². The van der Waals surface area contributed by atoms with Crippen molar-refractivity contribution in [3.05, 3.63) is 63.6 Å².